The van der Waals surface area contributed by atoms with Crippen LogP contribution in [-0.2, 0) is 4.79 Å². The number of nitrogens with two attached hydrogens (primary N) is 1. The number of rotatable bonds is 5. The summed E-state index contributed by atoms with van der Waals surface area (Å²) in [7, 11) is 0. The Bertz CT molecular complexity index is 448. The summed E-state index contributed by atoms with van der Waals surface area (Å²) in [6.45, 7) is 3.91. The van der Waals surface area contributed by atoms with Crippen LogP contribution in [0.5, 0.6) is 5.75 Å². The summed E-state index contributed by atoms with van der Waals surface area (Å²) >= 11 is 0. The van der Waals surface area contributed by atoms with Crippen molar-refractivity contribution in [1.29, 1.82) is 0 Å². The van der Waals surface area contributed by atoms with Gasteiger partial charge in [0.2, 0.25) is 0 Å². The van der Waals surface area contributed by atoms with E-state index in [-0.39, 0.29) is 12.5 Å². The van der Waals surface area contributed by atoms with Gasteiger partial charge in [-0.05, 0) is 43.7 Å². The lowest BCUT2D eigenvalue weighted by Crippen LogP contribution is -2.54. The van der Waals surface area contributed by atoms with Crippen LogP contribution in [0, 0.1) is 19.8 Å². The summed E-state index contributed by atoms with van der Waals surface area (Å²) in [6, 6.07) is 5.84. The Morgan fingerprint density at radius 2 is 2.00 bits per heavy atom. The summed E-state index contributed by atoms with van der Waals surface area (Å²) in [6.07, 6.45) is 1.75. The molecular formula is C14H19NO3. The molecule has 1 aromatic rings. The maximum atomic E-state index is 11.3. The van der Waals surface area contributed by atoms with Gasteiger partial charge in [0, 0.05) is 0 Å². The molecule has 1 aliphatic carbocycles. The second kappa shape index (κ2) is 4.61. The molecule has 3 N–H and O–H groups in total. The lowest BCUT2D eigenvalue weighted by molar-refractivity contribution is -0.145. The van der Waals surface area contributed by atoms with Gasteiger partial charge in [0.1, 0.15) is 12.4 Å². The Morgan fingerprint density at radius 3 is 2.44 bits per heavy atom. The Kier molecular flexibility index (Phi) is 3.30. The minimum atomic E-state index is -1.26. The number of benzene rings is 1. The molecule has 0 heterocycles. The first-order valence-electron chi connectivity index (χ1n) is 6.16. The smallest absolute Gasteiger partial charge is 0.327 e. The summed E-state index contributed by atoms with van der Waals surface area (Å²) in [5.74, 6) is -0.190. The quantitative estimate of drug-likeness (QED) is 0.835. The van der Waals surface area contributed by atoms with Gasteiger partial charge in [-0.15, -0.1) is 0 Å². The van der Waals surface area contributed by atoms with Crippen LogP contribution in [0.25, 0.3) is 0 Å². The number of ether oxygens (including phenoxy) is 1. The summed E-state index contributed by atoms with van der Waals surface area (Å²) in [4.78, 5) is 11.3. The van der Waals surface area contributed by atoms with Crippen molar-refractivity contribution < 1.29 is 14.6 Å². The van der Waals surface area contributed by atoms with E-state index in [0.717, 1.165) is 29.7 Å². The van der Waals surface area contributed by atoms with Gasteiger partial charge in [0.05, 0.1) is 0 Å². The number of aryl methyl sites for hydroxylation is 2. The molecule has 1 fully saturated rings. The molecule has 4 heteroatoms. The largest absolute Gasteiger partial charge is 0.490 e. The van der Waals surface area contributed by atoms with E-state index in [2.05, 4.69) is 0 Å². The van der Waals surface area contributed by atoms with E-state index in [4.69, 9.17) is 10.5 Å². The van der Waals surface area contributed by atoms with Crippen molar-refractivity contribution in [3.63, 3.8) is 0 Å². The molecule has 0 bridgehead atoms. The molecule has 0 radical (unpaired) electrons. The SMILES string of the molecule is Cc1cccc(C)c1OCC(N)(C(=O)O)C1CC1. The monoisotopic (exact) mass is 249 g/mol. The number of hydrogen-bond acceptors (Lipinski definition) is 3. The molecule has 1 saturated carbocycles. The van der Waals surface area contributed by atoms with Crippen LogP contribution in [0.2, 0.25) is 0 Å². The molecule has 1 atom stereocenters. The maximum Gasteiger partial charge on any atom is 0.327 e. The van der Waals surface area contributed by atoms with Crippen LogP contribution in [0.3, 0.4) is 0 Å². The fraction of sp³-hybridized carbons (Fsp3) is 0.500. The first-order chi connectivity index (χ1) is 8.45. The lowest BCUT2D eigenvalue weighted by Gasteiger charge is -2.25. The molecule has 1 unspecified atom stereocenters. The fourth-order valence-electron chi connectivity index (χ4n) is 2.17. The number of carbonyl (C=O) groups is 1. The molecule has 2 rings (SSSR count). The lowest BCUT2D eigenvalue weighted by atomic mass is 9.96. The van der Waals surface area contributed by atoms with Gasteiger partial charge in [-0.2, -0.15) is 0 Å². The van der Waals surface area contributed by atoms with Crippen LogP contribution in [0.1, 0.15) is 24.0 Å². The highest BCUT2D eigenvalue weighted by Gasteiger charge is 2.49. The van der Waals surface area contributed by atoms with Gasteiger partial charge in [0.15, 0.2) is 5.54 Å². The van der Waals surface area contributed by atoms with Crippen molar-refractivity contribution in [2.24, 2.45) is 11.7 Å². The van der Waals surface area contributed by atoms with Crippen LogP contribution >= 0.6 is 0 Å². The van der Waals surface area contributed by atoms with E-state index >= 15 is 0 Å². The molecular weight excluding hydrogens is 230 g/mol. The molecule has 0 aromatic heterocycles. The third-order valence-corrected chi connectivity index (χ3v) is 3.57. The minimum absolute atomic E-state index is 0.0265. The van der Waals surface area contributed by atoms with Crippen molar-refractivity contribution in [1.82, 2.24) is 0 Å². The van der Waals surface area contributed by atoms with Crippen molar-refractivity contribution in [3.05, 3.63) is 29.3 Å². The van der Waals surface area contributed by atoms with Crippen molar-refractivity contribution in [3.8, 4) is 5.75 Å². The molecule has 0 saturated heterocycles. The first-order valence-corrected chi connectivity index (χ1v) is 6.16. The predicted molar refractivity (Wildman–Crippen MR) is 68.7 cm³/mol. The van der Waals surface area contributed by atoms with Gasteiger partial charge < -0.3 is 15.6 Å². The van der Waals surface area contributed by atoms with E-state index in [1.165, 1.54) is 0 Å². The molecule has 98 valence electrons. The second-order valence-corrected chi connectivity index (χ2v) is 5.13. The Labute approximate surface area is 107 Å². The molecule has 0 spiro atoms. The van der Waals surface area contributed by atoms with Crippen LogP contribution in [-0.4, -0.2) is 23.2 Å². The average Bonchev–Trinajstić information content (AvgIpc) is 3.11. The van der Waals surface area contributed by atoms with Crippen molar-refractivity contribution in [2.45, 2.75) is 32.2 Å². The summed E-state index contributed by atoms with van der Waals surface area (Å²) in [5.41, 5.74) is 6.71. The summed E-state index contributed by atoms with van der Waals surface area (Å²) in [5, 5.41) is 9.25. The van der Waals surface area contributed by atoms with E-state index in [9.17, 15) is 9.90 Å². The normalized spacial score (nSPS) is 18.2. The zero-order valence-electron chi connectivity index (χ0n) is 10.8. The highest BCUT2D eigenvalue weighted by Crippen LogP contribution is 2.39. The molecule has 1 aromatic carbocycles. The Morgan fingerprint density at radius 1 is 1.44 bits per heavy atom. The van der Waals surface area contributed by atoms with E-state index in [1.807, 2.05) is 32.0 Å². The van der Waals surface area contributed by atoms with Gasteiger partial charge in [-0.25, -0.2) is 0 Å². The third-order valence-electron chi connectivity index (χ3n) is 3.57. The first kappa shape index (κ1) is 12.9. The number of para-hydroxylation sites is 1. The van der Waals surface area contributed by atoms with E-state index < -0.39 is 11.5 Å². The zero-order valence-corrected chi connectivity index (χ0v) is 10.8. The highest BCUT2D eigenvalue weighted by atomic mass is 16.5. The standard InChI is InChI=1S/C14H19NO3/c1-9-4-3-5-10(2)12(9)18-8-14(15,13(16)17)11-6-7-11/h3-5,11H,6-8,15H2,1-2H3,(H,16,17). The molecule has 1 aliphatic rings. The number of aliphatic carboxylic acids is 1. The topological polar surface area (TPSA) is 72.5 Å². The third kappa shape index (κ3) is 2.34. The van der Waals surface area contributed by atoms with E-state index in [1.54, 1.807) is 0 Å². The van der Waals surface area contributed by atoms with Crippen LogP contribution < -0.4 is 10.5 Å². The Hall–Kier alpha value is -1.55. The van der Waals surface area contributed by atoms with E-state index in [0.29, 0.717) is 0 Å². The average molecular weight is 249 g/mol. The number of hydrogen-bond donors (Lipinski definition) is 2. The molecule has 0 amide bonds. The van der Waals surface area contributed by atoms with Crippen LogP contribution in [0.4, 0.5) is 0 Å². The van der Waals surface area contributed by atoms with Gasteiger partial charge in [0.25, 0.3) is 0 Å². The highest BCUT2D eigenvalue weighted by molar-refractivity contribution is 5.79. The maximum absolute atomic E-state index is 11.3. The molecule has 18 heavy (non-hydrogen) atoms. The van der Waals surface area contributed by atoms with Crippen molar-refractivity contribution in [2.75, 3.05) is 6.61 Å². The van der Waals surface area contributed by atoms with Crippen molar-refractivity contribution >= 4 is 5.97 Å². The van der Waals surface area contributed by atoms with Gasteiger partial charge in [-0.1, -0.05) is 18.2 Å². The van der Waals surface area contributed by atoms with Gasteiger partial charge >= 0.3 is 5.97 Å². The predicted octanol–water partition coefficient (Wildman–Crippen LogP) is 1.87. The minimum Gasteiger partial charge on any atom is -0.490 e. The molecule has 0 aliphatic heterocycles. The Balaban J connectivity index is 2.13. The number of carboxylic acids is 1. The van der Waals surface area contributed by atoms with Crippen LogP contribution in [0.15, 0.2) is 18.2 Å². The fourth-order valence-corrected chi connectivity index (χ4v) is 2.17. The molecule has 4 nitrogen and oxygen atoms in total. The summed E-state index contributed by atoms with van der Waals surface area (Å²) < 4.78 is 5.69. The number of carboxylic acid groups (broad SMARTS) is 1. The zero-order chi connectivity index (χ0) is 13.3. The second-order valence-electron chi connectivity index (χ2n) is 5.13. The van der Waals surface area contributed by atoms with Gasteiger partial charge in [-0.3, -0.25) is 4.79 Å².